The van der Waals surface area contributed by atoms with Crippen LogP contribution in [0.2, 0.25) is 10.0 Å². The van der Waals surface area contributed by atoms with Gasteiger partial charge in [-0.05, 0) is 42.8 Å². The molecule has 0 radical (unpaired) electrons. The van der Waals surface area contributed by atoms with Crippen molar-refractivity contribution in [1.82, 2.24) is 5.32 Å². The summed E-state index contributed by atoms with van der Waals surface area (Å²) in [6.07, 6.45) is 3.15. The van der Waals surface area contributed by atoms with Crippen LogP contribution >= 0.6 is 23.2 Å². The third-order valence-electron chi connectivity index (χ3n) is 3.68. The predicted octanol–water partition coefficient (Wildman–Crippen LogP) is 5.17. The van der Waals surface area contributed by atoms with Gasteiger partial charge in [0, 0.05) is 17.7 Å². The van der Waals surface area contributed by atoms with Crippen molar-refractivity contribution in [2.45, 2.75) is 26.2 Å². The smallest absolute Gasteiger partial charge is 0.255 e. The quantitative estimate of drug-likeness (QED) is 0.653. The zero-order chi connectivity index (χ0) is 18.2. The van der Waals surface area contributed by atoms with Gasteiger partial charge in [0.05, 0.1) is 15.7 Å². The highest BCUT2D eigenvalue weighted by Crippen LogP contribution is 2.30. The summed E-state index contributed by atoms with van der Waals surface area (Å²) in [4.78, 5) is 24.3. The molecule has 132 valence electrons. The van der Waals surface area contributed by atoms with Gasteiger partial charge >= 0.3 is 0 Å². The van der Waals surface area contributed by atoms with E-state index in [-0.39, 0.29) is 11.8 Å². The van der Waals surface area contributed by atoms with E-state index in [1.165, 1.54) is 0 Å². The SMILES string of the molecule is CCCCCNC(=O)c1ccc(C(=O)Nc2c(Cl)cccc2Cl)cc1. The van der Waals surface area contributed by atoms with Gasteiger partial charge in [0.2, 0.25) is 0 Å². The van der Waals surface area contributed by atoms with E-state index < -0.39 is 0 Å². The highest BCUT2D eigenvalue weighted by molar-refractivity contribution is 6.40. The van der Waals surface area contributed by atoms with E-state index in [1.807, 2.05) is 0 Å². The van der Waals surface area contributed by atoms with Gasteiger partial charge in [-0.2, -0.15) is 0 Å². The molecule has 0 bridgehead atoms. The second-order valence-electron chi connectivity index (χ2n) is 5.59. The van der Waals surface area contributed by atoms with E-state index in [4.69, 9.17) is 23.2 Å². The van der Waals surface area contributed by atoms with Gasteiger partial charge in [-0.15, -0.1) is 0 Å². The molecule has 0 unspecified atom stereocenters. The van der Waals surface area contributed by atoms with Crippen LogP contribution in [0.15, 0.2) is 42.5 Å². The molecule has 0 heterocycles. The molecule has 0 aliphatic carbocycles. The van der Waals surface area contributed by atoms with Crippen molar-refractivity contribution in [1.29, 1.82) is 0 Å². The summed E-state index contributed by atoms with van der Waals surface area (Å²) in [5.74, 6) is -0.484. The van der Waals surface area contributed by atoms with Crippen molar-refractivity contribution in [3.05, 3.63) is 63.6 Å². The first-order valence-electron chi connectivity index (χ1n) is 8.16. The monoisotopic (exact) mass is 378 g/mol. The summed E-state index contributed by atoms with van der Waals surface area (Å²) >= 11 is 12.1. The first-order valence-corrected chi connectivity index (χ1v) is 8.92. The molecule has 25 heavy (non-hydrogen) atoms. The van der Waals surface area contributed by atoms with E-state index in [0.717, 1.165) is 19.3 Å². The largest absolute Gasteiger partial charge is 0.352 e. The Morgan fingerprint density at radius 3 is 2.00 bits per heavy atom. The van der Waals surface area contributed by atoms with E-state index >= 15 is 0 Å². The van der Waals surface area contributed by atoms with Crippen LogP contribution in [-0.4, -0.2) is 18.4 Å². The second kappa shape index (κ2) is 9.44. The highest BCUT2D eigenvalue weighted by atomic mass is 35.5. The standard InChI is InChI=1S/C19H20Cl2N2O2/c1-2-3-4-12-22-18(24)13-8-10-14(11-9-13)19(25)23-17-15(20)6-5-7-16(17)21/h5-11H,2-4,12H2,1H3,(H,22,24)(H,23,25). The molecule has 0 atom stereocenters. The molecule has 2 amide bonds. The van der Waals surface area contributed by atoms with Crippen molar-refractivity contribution >= 4 is 40.7 Å². The lowest BCUT2D eigenvalue weighted by molar-refractivity contribution is 0.0951. The lowest BCUT2D eigenvalue weighted by atomic mass is 10.1. The van der Waals surface area contributed by atoms with Gasteiger partial charge in [-0.1, -0.05) is 49.0 Å². The average Bonchev–Trinajstić information content (AvgIpc) is 2.62. The number of halogens is 2. The minimum atomic E-state index is -0.343. The third-order valence-corrected chi connectivity index (χ3v) is 4.31. The number of para-hydroxylation sites is 1. The molecule has 0 fully saturated rings. The normalized spacial score (nSPS) is 10.4. The Balaban J connectivity index is 1.99. The molecular weight excluding hydrogens is 359 g/mol. The minimum Gasteiger partial charge on any atom is -0.352 e. The van der Waals surface area contributed by atoms with Gasteiger partial charge in [-0.25, -0.2) is 0 Å². The van der Waals surface area contributed by atoms with E-state index in [1.54, 1.807) is 42.5 Å². The zero-order valence-electron chi connectivity index (χ0n) is 13.9. The van der Waals surface area contributed by atoms with Crippen LogP contribution in [0.4, 0.5) is 5.69 Å². The number of anilines is 1. The Morgan fingerprint density at radius 2 is 1.44 bits per heavy atom. The van der Waals surface area contributed by atoms with E-state index in [9.17, 15) is 9.59 Å². The molecular formula is C19H20Cl2N2O2. The number of carbonyl (C=O) groups excluding carboxylic acids is 2. The number of unbranched alkanes of at least 4 members (excludes halogenated alkanes) is 2. The van der Waals surface area contributed by atoms with Crippen LogP contribution in [0.5, 0.6) is 0 Å². The van der Waals surface area contributed by atoms with Crippen molar-refractivity contribution in [2.24, 2.45) is 0 Å². The molecule has 6 heteroatoms. The number of amides is 2. The van der Waals surface area contributed by atoms with Crippen LogP contribution in [0.3, 0.4) is 0 Å². The maximum atomic E-state index is 12.3. The molecule has 0 spiro atoms. The van der Waals surface area contributed by atoms with Crippen LogP contribution in [0.25, 0.3) is 0 Å². The summed E-state index contributed by atoms with van der Waals surface area (Å²) < 4.78 is 0. The zero-order valence-corrected chi connectivity index (χ0v) is 15.5. The van der Waals surface area contributed by atoms with E-state index in [0.29, 0.717) is 33.4 Å². The van der Waals surface area contributed by atoms with Crippen molar-refractivity contribution < 1.29 is 9.59 Å². The molecule has 2 N–H and O–H groups in total. The fraction of sp³-hybridized carbons (Fsp3) is 0.263. The number of hydrogen-bond donors (Lipinski definition) is 2. The summed E-state index contributed by atoms with van der Waals surface area (Å²) in [6, 6.07) is 11.4. The average molecular weight is 379 g/mol. The molecule has 0 aromatic heterocycles. The number of hydrogen-bond acceptors (Lipinski definition) is 2. The van der Waals surface area contributed by atoms with Crippen molar-refractivity contribution in [2.75, 3.05) is 11.9 Å². The summed E-state index contributed by atoms with van der Waals surface area (Å²) in [6.45, 7) is 2.77. The van der Waals surface area contributed by atoms with Crippen molar-refractivity contribution in [3.63, 3.8) is 0 Å². The molecule has 2 aromatic rings. The predicted molar refractivity (Wildman–Crippen MR) is 103 cm³/mol. The van der Waals surface area contributed by atoms with E-state index in [2.05, 4.69) is 17.6 Å². The molecule has 4 nitrogen and oxygen atoms in total. The molecule has 2 rings (SSSR count). The topological polar surface area (TPSA) is 58.2 Å². The summed E-state index contributed by atoms with van der Waals surface area (Å²) in [7, 11) is 0. The second-order valence-corrected chi connectivity index (χ2v) is 6.41. The number of nitrogens with one attached hydrogen (secondary N) is 2. The molecule has 0 aliphatic heterocycles. The maximum absolute atomic E-state index is 12.3. The highest BCUT2D eigenvalue weighted by Gasteiger charge is 2.12. The lowest BCUT2D eigenvalue weighted by Crippen LogP contribution is -2.24. The summed E-state index contributed by atoms with van der Waals surface area (Å²) in [5.41, 5.74) is 1.30. The Hall–Kier alpha value is -2.04. The van der Waals surface area contributed by atoms with Gasteiger partial charge in [0.25, 0.3) is 11.8 Å². The van der Waals surface area contributed by atoms with Crippen LogP contribution < -0.4 is 10.6 Å². The number of carbonyl (C=O) groups is 2. The Bertz CT molecular complexity index is 725. The molecule has 2 aromatic carbocycles. The van der Waals surface area contributed by atoms with Gasteiger partial charge in [0.15, 0.2) is 0 Å². The molecule has 0 saturated heterocycles. The number of rotatable bonds is 7. The first-order chi connectivity index (χ1) is 12.0. The minimum absolute atomic E-state index is 0.141. The van der Waals surface area contributed by atoms with Crippen LogP contribution in [-0.2, 0) is 0 Å². The van der Waals surface area contributed by atoms with Crippen LogP contribution in [0.1, 0.15) is 46.9 Å². The Labute approximate surface area is 157 Å². The fourth-order valence-corrected chi connectivity index (χ4v) is 2.75. The lowest BCUT2D eigenvalue weighted by Gasteiger charge is -2.10. The number of benzene rings is 2. The maximum Gasteiger partial charge on any atom is 0.255 e. The third kappa shape index (κ3) is 5.48. The first kappa shape index (κ1) is 19.3. The Kier molecular flexibility index (Phi) is 7.29. The van der Waals surface area contributed by atoms with Gasteiger partial charge in [0.1, 0.15) is 0 Å². The van der Waals surface area contributed by atoms with Gasteiger partial charge in [-0.3, -0.25) is 9.59 Å². The summed E-state index contributed by atoms with van der Waals surface area (Å²) in [5, 5.41) is 6.28. The molecule has 0 saturated carbocycles. The van der Waals surface area contributed by atoms with Crippen molar-refractivity contribution in [3.8, 4) is 0 Å². The van der Waals surface area contributed by atoms with Crippen LogP contribution in [0, 0.1) is 0 Å². The Morgan fingerprint density at radius 1 is 0.880 bits per heavy atom. The fourth-order valence-electron chi connectivity index (χ4n) is 2.25. The van der Waals surface area contributed by atoms with Gasteiger partial charge < -0.3 is 10.6 Å². The molecule has 0 aliphatic rings.